The molecular weight excluding hydrogens is 400 g/mol. The molecule has 0 aromatic carbocycles. The molecule has 0 heterocycles. The van der Waals surface area contributed by atoms with Crippen molar-refractivity contribution in [1.82, 2.24) is 0 Å². The van der Waals surface area contributed by atoms with Gasteiger partial charge in [-0.2, -0.15) is 0 Å². The molecule has 10 atom stereocenters. The molecular formula is C24H36O7. The van der Waals surface area contributed by atoms with Crippen molar-refractivity contribution in [3.05, 3.63) is 0 Å². The fourth-order valence-corrected chi connectivity index (χ4v) is 8.41. The number of ether oxygens (including phenoxy) is 2. The number of fused-ring (bicyclic) bond motifs is 3. The molecule has 4 rings (SSSR count). The zero-order valence-electron chi connectivity index (χ0n) is 19.4. The average Bonchev–Trinajstić information content (AvgIpc) is 2.76. The number of carbonyl (C=O) groups excluding carboxylic acids is 3. The predicted molar refractivity (Wildman–Crippen MR) is 111 cm³/mol. The molecule has 1 spiro atoms. The third-order valence-electron chi connectivity index (χ3n) is 9.51. The Bertz CT molecular complexity index is 806. The quantitative estimate of drug-likeness (QED) is 0.639. The van der Waals surface area contributed by atoms with Crippen molar-refractivity contribution in [2.24, 2.45) is 39.9 Å². The Labute approximate surface area is 183 Å². The van der Waals surface area contributed by atoms with Crippen LogP contribution in [0.4, 0.5) is 0 Å². The van der Waals surface area contributed by atoms with E-state index in [1.807, 2.05) is 6.92 Å². The summed E-state index contributed by atoms with van der Waals surface area (Å²) in [5.41, 5.74) is -2.33. The van der Waals surface area contributed by atoms with Gasteiger partial charge in [0.2, 0.25) is 0 Å². The van der Waals surface area contributed by atoms with Crippen LogP contribution in [0.5, 0.6) is 0 Å². The van der Waals surface area contributed by atoms with Gasteiger partial charge in [0.15, 0.2) is 0 Å². The van der Waals surface area contributed by atoms with Crippen LogP contribution in [0.1, 0.15) is 67.2 Å². The van der Waals surface area contributed by atoms with Crippen molar-refractivity contribution < 1.29 is 34.1 Å². The molecule has 0 aliphatic heterocycles. The van der Waals surface area contributed by atoms with Crippen LogP contribution in [0.3, 0.4) is 0 Å². The molecule has 4 fully saturated rings. The van der Waals surface area contributed by atoms with Crippen molar-refractivity contribution in [2.45, 2.75) is 91.6 Å². The Morgan fingerprint density at radius 2 is 1.65 bits per heavy atom. The van der Waals surface area contributed by atoms with Gasteiger partial charge in [0.25, 0.3) is 0 Å². The summed E-state index contributed by atoms with van der Waals surface area (Å²) >= 11 is 0. The summed E-state index contributed by atoms with van der Waals surface area (Å²) in [5.74, 6) is -2.51. The van der Waals surface area contributed by atoms with Crippen LogP contribution in [-0.4, -0.2) is 52.4 Å². The highest BCUT2D eigenvalue weighted by Gasteiger charge is 2.78. The highest BCUT2D eigenvalue weighted by atomic mass is 16.6. The molecule has 0 aromatic heterocycles. The van der Waals surface area contributed by atoms with Crippen molar-refractivity contribution in [3.8, 4) is 0 Å². The molecule has 174 valence electrons. The van der Waals surface area contributed by atoms with Crippen molar-refractivity contribution in [1.29, 1.82) is 0 Å². The summed E-state index contributed by atoms with van der Waals surface area (Å²) < 4.78 is 11.7. The first kappa shape index (κ1) is 22.7. The Morgan fingerprint density at radius 1 is 1.03 bits per heavy atom. The lowest BCUT2D eigenvalue weighted by Gasteiger charge is -2.67. The van der Waals surface area contributed by atoms with E-state index < -0.39 is 59.0 Å². The Kier molecular flexibility index (Phi) is 5.14. The van der Waals surface area contributed by atoms with Crippen molar-refractivity contribution in [2.75, 3.05) is 0 Å². The maximum atomic E-state index is 13.7. The molecule has 4 aliphatic carbocycles. The zero-order chi connectivity index (χ0) is 23.1. The van der Waals surface area contributed by atoms with E-state index in [0.29, 0.717) is 19.3 Å². The molecule has 0 aromatic rings. The number of carbonyl (C=O) groups is 3. The van der Waals surface area contributed by atoms with Crippen LogP contribution in [0.2, 0.25) is 0 Å². The third-order valence-corrected chi connectivity index (χ3v) is 9.51. The fraction of sp³-hybridized carbons (Fsp3) is 0.875. The van der Waals surface area contributed by atoms with E-state index in [0.717, 1.165) is 6.42 Å². The SMILES string of the molecule is CC(=O)OC1CC2C(O)C3(C(=O)[C@@H]2C)C(O)CC2C(C)(C)CC[C@@H](OC(C)=O)[C@@]2(C)C13. The maximum Gasteiger partial charge on any atom is 0.302 e. The third kappa shape index (κ3) is 2.81. The summed E-state index contributed by atoms with van der Waals surface area (Å²) in [6.07, 6.45) is -1.03. The van der Waals surface area contributed by atoms with E-state index in [1.54, 1.807) is 6.92 Å². The van der Waals surface area contributed by atoms with E-state index in [-0.39, 0.29) is 23.0 Å². The van der Waals surface area contributed by atoms with Crippen molar-refractivity contribution >= 4 is 17.7 Å². The molecule has 7 unspecified atom stereocenters. The zero-order valence-corrected chi connectivity index (χ0v) is 19.4. The topological polar surface area (TPSA) is 110 Å². The average molecular weight is 437 g/mol. The molecule has 7 nitrogen and oxygen atoms in total. The van der Waals surface area contributed by atoms with Gasteiger partial charge in [0, 0.05) is 31.1 Å². The standard InChI is InChI=1S/C24H36O7/c1-11-14-9-15(30-12(2)25)19-23(6)16(10-17(27)24(19,20(11)28)21(14)29)22(4,5)8-7-18(23)31-13(3)26/h11,14-19,21,27,29H,7-10H2,1-6H3/t11-,14?,15?,16?,17?,18-,19?,21?,23+,24?/m1/s1. The normalized spacial score (nSPS) is 50.3. The van der Waals surface area contributed by atoms with Gasteiger partial charge in [-0.25, -0.2) is 0 Å². The van der Waals surface area contributed by atoms with Crippen molar-refractivity contribution in [3.63, 3.8) is 0 Å². The lowest BCUT2D eigenvalue weighted by molar-refractivity contribution is -0.279. The highest BCUT2D eigenvalue weighted by Crippen LogP contribution is 2.71. The summed E-state index contributed by atoms with van der Waals surface area (Å²) in [7, 11) is 0. The number of hydrogen-bond acceptors (Lipinski definition) is 7. The second-order valence-corrected chi connectivity index (χ2v) is 11.4. The van der Waals surface area contributed by atoms with Gasteiger partial charge >= 0.3 is 11.9 Å². The van der Waals surface area contributed by atoms with E-state index in [4.69, 9.17) is 9.47 Å². The first-order valence-electron chi connectivity index (χ1n) is 11.5. The predicted octanol–water partition coefficient (Wildman–Crippen LogP) is 2.26. The first-order chi connectivity index (χ1) is 14.3. The Morgan fingerprint density at radius 3 is 2.23 bits per heavy atom. The van der Waals surface area contributed by atoms with E-state index >= 15 is 0 Å². The number of aliphatic hydroxyl groups is 2. The molecule has 31 heavy (non-hydrogen) atoms. The monoisotopic (exact) mass is 436 g/mol. The Hall–Kier alpha value is -1.47. The van der Waals surface area contributed by atoms with Gasteiger partial charge < -0.3 is 19.7 Å². The lowest BCUT2D eigenvalue weighted by atomic mass is 9.38. The first-order valence-corrected chi connectivity index (χ1v) is 11.5. The van der Waals surface area contributed by atoms with Crippen LogP contribution >= 0.6 is 0 Å². The number of Topliss-reactive ketones (excluding diaryl/α,β-unsaturated/α-hetero) is 1. The summed E-state index contributed by atoms with van der Waals surface area (Å²) in [5, 5.41) is 22.9. The summed E-state index contributed by atoms with van der Waals surface area (Å²) in [6.45, 7) is 10.8. The molecule has 0 radical (unpaired) electrons. The number of hydrogen-bond donors (Lipinski definition) is 2. The van der Waals surface area contributed by atoms with Crippen LogP contribution in [0, 0.1) is 39.9 Å². The molecule has 7 heteroatoms. The van der Waals surface area contributed by atoms with Crippen LogP contribution in [-0.2, 0) is 23.9 Å². The smallest absolute Gasteiger partial charge is 0.302 e. The van der Waals surface area contributed by atoms with E-state index in [1.165, 1.54) is 13.8 Å². The fourth-order valence-electron chi connectivity index (χ4n) is 8.41. The summed E-state index contributed by atoms with van der Waals surface area (Å²) in [6, 6.07) is 0. The van der Waals surface area contributed by atoms with Gasteiger partial charge in [-0.15, -0.1) is 0 Å². The molecule has 4 saturated carbocycles. The van der Waals surface area contributed by atoms with Gasteiger partial charge in [0.1, 0.15) is 18.0 Å². The van der Waals surface area contributed by atoms with E-state index in [2.05, 4.69) is 13.8 Å². The van der Waals surface area contributed by atoms with Crippen LogP contribution < -0.4 is 0 Å². The maximum absolute atomic E-state index is 13.7. The highest BCUT2D eigenvalue weighted by molar-refractivity contribution is 5.92. The van der Waals surface area contributed by atoms with Gasteiger partial charge in [0.05, 0.1) is 17.6 Å². The number of aliphatic hydroxyl groups excluding tert-OH is 2. The van der Waals surface area contributed by atoms with E-state index in [9.17, 15) is 24.6 Å². The van der Waals surface area contributed by atoms with Crippen LogP contribution in [0.15, 0.2) is 0 Å². The minimum absolute atomic E-state index is 0.0748. The number of esters is 2. The minimum Gasteiger partial charge on any atom is -0.462 e. The molecule has 0 amide bonds. The molecule has 4 aliphatic rings. The Balaban J connectivity index is 1.96. The number of ketones is 1. The molecule has 0 saturated heterocycles. The summed E-state index contributed by atoms with van der Waals surface area (Å²) in [4.78, 5) is 37.9. The van der Waals surface area contributed by atoms with Gasteiger partial charge in [-0.3, -0.25) is 14.4 Å². The minimum atomic E-state index is -1.42. The second-order valence-electron chi connectivity index (χ2n) is 11.4. The molecule has 2 N–H and O–H groups in total. The lowest BCUT2D eigenvalue weighted by Crippen LogP contribution is -2.73. The van der Waals surface area contributed by atoms with Gasteiger partial charge in [-0.05, 0) is 42.9 Å². The van der Waals surface area contributed by atoms with Gasteiger partial charge in [-0.1, -0.05) is 27.7 Å². The largest absolute Gasteiger partial charge is 0.462 e. The number of rotatable bonds is 2. The van der Waals surface area contributed by atoms with Crippen LogP contribution in [0.25, 0.3) is 0 Å². The molecule has 2 bridgehead atoms. The second kappa shape index (κ2) is 7.01.